The summed E-state index contributed by atoms with van der Waals surface area (Å²) in [5.74, 6) is 2.59. The molecule has 0 atom stereocenters. The Morgan fingerprint density at radius 1 is 0.500 bits per heavy atom. The Kier molecular flexibility index (Phi) is 4.85. The minimum atomic E-state index is 0.582. The molecule has 0 saturated carbocycles. The van der Waals surface area contributed by atoms with Crippen molar-refractivity contribution < 1.29 is 9.47 Å². The molecule has 0 fully saturated rings. The lowest BCUT2D eigenvalue weighted by atomic mass is 10.0. The second-order valence-electron chi connectivity index (χ2n) is 6.30. The number of ether oxygens (including phenoxy) is 2. The summed E-state index contributed by atoms with van der Waals surface area (Å²) < 4.78 is 12.1. The van der Waals surface area contributed by atoms with Gasteiger partial charge in [-0.15, -0.1) is 0 Å². The van der Waals surface area contributed by atoms with Gasteiger partial charge in [0.1, 0.15) is 23.0 Å². The van der Waals surface area contributed by atoms with Crippen LogP contribution in [-0.2, 0) is 0 Å². The molecule has 0 aliphatic rings. The van der Waals surface area contributed by atoms with Crippen LogP contribution in [-0.4, -0.2) is 0 Å². The van der Waals surface area contributed by atoms with E-state index < -0.39 is 0 Å². The van der Waals surface area contributed by atoms with Crippen LogP contribution in [0.4, 0.5) is 11.4 Å². The molecule has 0 spiro atoms. The highest BCUT2D eigenvalue weighted by atomic mass is 16.5. The molecule has 0 saturated heterocycles. The van der Waals surface area contributed by atoms with Crippen molar-refractivity contribution in [1.82, 2.24) is 0 Å². The van der Waals surface area contributed by atoms with E-state index >= 15 is 0 Å². The summed E-state index contributed by atoms with van der Waals surface area (Å²) in [4.78, 5) is 0. The number of hydrogen-bond donors (Lipinski definition) is 2. The molecule has 4 rings (SSSR count). The SMILES string of the molecule is Nc1ccccc1Oc1ccc(Oc2ccccc2N)c(-c2ccccc2)c1. The first kappa shape index (κ1) is 17.5. The van der Waals surface area contributed by atoms with Gasteiger partial charge >= 0.3 is 0 Å². The van der Waals surface area contributed by atoms with Crippen LogP contribution in [0.3, 0.4) is 0 Å². The highest BCUT2D eigenvalue weighted by molar-refractivity contribution is 5.73. The minimum absolute atomic E-state index is 0.582. The van der Waals surface area contributed by atoms with E-state index in [1.54, 1.807) is 0 Å². The first-order valence-electron chi connectivity index (χ1n) is 8.95. The third kappa shape index (κ3) is 3.76. The molecule has 0 bridgehead atoms. The van der Waals surface area contributed by atoms with Gasteiger partial charge in [0.2, 0.25) is 0 Å². The molecule has 4 N–H and O–H groups in total. The van der Waals surface area contributed by atoms with Gasteiger partial charge in [-0.25, -0.2) is 0 Å². The van der Waals surface area contributed by atoms with E-state index in [1.807, 2.05) is 97.1 Å². The van der Waals surface area contributed by atoms with Gasteiger partial charge < -0.3 is 20.9 Å². The smallest absolute Gasteiger partial charge is 0.150 e. The molecule has 0 amide bonds. The Labute approximate surface area is 164 Å². The van der Waals surface area contributed by atoms with Crippen LogP contribution in [0.5, 0.6) is 23.0 Å². The van der Waals surface area contributed by atoms with Gasteiger partial charge in [-0.3, -0.25) is 0 Å². The van der Waals surface area contributed by atoms with Gasteiger partial charge in [-0.2, -0.15) is 0 Å². The summed E-state index contributed by atoms with van der Waals surface area (Å²) in [5, 5.41) is 0. The molecule has 4 aromatic rings. The Hall–Kier alpha value is -3.92. The molecule has 28 heavy (non-hydrogen) atoms. The minimum Gasteiger partial charge on any atom is -0.455 e. The van der Waals surface area contributed by atoms with Crippen LogP contribution in [0.1, 0.15) is 0 Å². The summed E-state index contributed by atoms with van der Waals surface area (Å²) in [6.07, 6.45) is 0. The molecular weight excluding hydrogens is 348 g/mol. The van der Waals surface area contributed by atoms with Crippen molar-refractivity contribution >= 4 is 11.4 Å². The summed E-state index contributed by atoms with van der Waals surface area (Å²) in [6.45, 7) is 0. The monoisotopic (exact) mass is 368 g/mol. The predicted octanol–water partition coefficient (Wildman–Crippen LogP) is 6.10. The molecule has 0 unspecified atom stereocenters. The fourth-order valence-electron chi connectivity index (χ4n) is 2.90. The number of benzene rings is 4. The van der Waals surface area contributed by atoms with Crippen molar-refractivity contribution in [3.8, 4) is 34.1 Å². The Morgan fingerprint density at radius 2 is 1.07 bits per heavy atom. The van der Waals surface area contributed by atoms with Crippen LogP contribution in [0, 0.1) is 0 Å². The second kappa shape index (κ2) is 7.76. The highest BCUT2D eigenvalue weighted by Crippen LogP contribution is 2.39. The molecule has 0 heterocycles. The molecular formula is C24H20N2O2. The van der Waals surface area contributed by atoms with Crippen molar-refractivity contribution in [2.75, 3.05) is 11.5 Å². The largest absolute Gasteiger partial charge is 0.455 e. The van der Waals surface area contributed by atoms with Crippen LogP contribution >= 0.6 is 0 Å². The summed E-state index contributed by atoms with van der Waals surface area (Å²) in [7, 11) is 0. The fourth-order valence-corrected chi connectivity index (χ4v) is 2.90. The van der Waals surface area contributed by atoms with Gasteiger partial charge in [-0.05, 0) is 48.0 Å². The molecule has 4 nitrogen and oxygen atoms in total. The van der Waals surface area contributed by atoms with Gasteiger partial charge in [0.05, 0.1) is 11.4 Å². The van der Waals surface area contributed by atoms with E-state index in [9.17, 15) is 0 Å². The quantitative estimate of drug-likeness (QED) is 0.417. The lowest BCUT2D eigenvalue weighted by molar-refractivity contribution is 0.473. The van der Waals surface area contributed by atoms with E-state index in [0.717, 1.165) is 11.1 Å². The van der Waals surface area contributed by atoms with E-state index in [0.29, 0.717) is 34.4 Å². The van der Waals surface area contributed by atoms with E-state index in [4.69, 9.17) is 20.9 Å². The maximum absolute atomic E-state index is 6.12. The van der Waals surface area contributed by atoms with Crippen LogP contribution in [0.2, 0.25) is 0 Å². The molecule has 0 aliphatic carbocycles. The zero-order valence-corrected chi connectivity index (χ0v) is 15.2. The Morgan fingerprint density at radius 3 is 1.71 bits per heavy atom. The Bertz CT molecular complexity index is 1090. The number of anilines is 2. The average Bonchev–Trinajstić information content (AvgIpc) is 2.73. The molecule has 4 aromatic carbocycles. The number of hydrogen-bond acceptors (Lipinski definition) is 4. The second-order valence-corrected chi connectivity index (χ2v) is 6.30. The third-order valence-corrected chi connectivity index (χ3v) is 4.32. The molecule has 138 valence electrons. The van der Waals surface area contributed by atoms with Gasteiger partial charge in [-0.1, -0.05) is 54.6 Å². The normalized spacial score (nSPS) is 10.4. The van der Waals surface area contributed by atoms with E-state index in [1.165, 1.54) is 0 Å². The lowest BCUT2D eigenvalue weighted by Gasteiger charge is -2.15. The van der Waals surface area contributed by atoms with Crippen LogP contribution in [0.25, 0.3) is 11.1 Å². The molecule has 4 heteroatoms. The molecule has 0 aromatic heterocycles. The molecule has 0 radical (unpaired) electrons. The van der Waals surface area contributed by atoms with Gasteiger partial charge in [0.25, 0.3) is 0 Å². The summed E-state index contributed by atoms with van der Waals surface area (Å²) in [6, 6.07) is 30.5. The summed E-state index contributed by atoms with van der Waals surface area (Å²) >= 11 is 0. The maximum Gasteiger partial charge on any atom is 0.150 e. The average molecular weight is 368 g/mol. The predicted molar refractivity (Wildman–Crippen MR) is 114 cm³/mol. The first-order valence-corrected chi connectivity index (χ1v) is 8.95. The van der Waals surface area contributed by atoms with Crippen molar-refractivity contribution in [2.24, 2.45) is 0 Å². The van der Waals surface area contributed by atoms with E-state index in [2.05, 4.69) is 0 Å². The van der Waals surface area contributed by atoms with Crippen molar-refractivity contribution in [2.45, 2.75) is 0 Å². The standard InChI is InChI=1S/C24H20N2O2/c25-20-10-4-6-12-23(20)27-18-14-15-22(28-24-13-7-5-11-21(24)26)19(16-18)17-8-2-1-3-9-17/h1-16H,25-26H2. The first-order chi connectivity index (χ1) is 13.7. The topological polar surface area (TPSA) is 70.5 Å². The fraction of sp³-hybridized carbons (Fsp3) is 0. The van der Waals surface area contributed by atoms with Crippen molar-refractivity contribution in [3.63, 3.8) is 0 Å². The third-order valence-electron chi connectivity index (χ3n) is 4.32. The van der Waals surface area contributed by atoms with Crippen LogP contribution < -0.4 is 20.9 Å². The zero-order chi connectivity index (χ0) is 19.3. The highest BCUT2D eigenvalue weighted by Gasteiger charge is 2.12. The van der Waals surface area contributed by atoms with Gasteiger partial charge in [0, 0.05) is 5.56 Å². The number of rotatable bonds is 5. The summed E-state index contributed by atoms with van der Waals surface area (Å²) in [5.41, 5.74) is 15.1. The maximum atomic E-state index is 6.12. The molecule has 0 aliphatic heterocycles. The van der Waals surface area contributed by atoms with Crippen molar-refractivity contribution in [1.29, 1.82) is 0 Å². The number of nitrogens with two attached hydrogens (primary N) is 2. The van der Waals surface area contributed by atoms with E-state index in [-0.39, 0.29) is 0 Å². The zero-order valence-electron chi connectivity index (χ0n) is 15.2. The van der Waals surface area contributed by atoms with Gasteiger partial charge in [0.15, 0.2) is 0 Å². The Balaban J connectivity index is 1.74. The lowest BCUT2D eigenvalue weighted by Crippen LogP contribution is -1.95. The van der Waals surface area contributed by atoms with Crippen molar-refractivity contribution in [3.05, 3.63) is 97.1 Å². The van der Waals surface area contributed by atoms with Crippen LogP contribution in [0.15, 0.2) is 97.1 Å². The number of nitrogen functional groups attached to an aromatic ring is 2. The number of para-hydroxylation sites is 4.